The lowest BCUT2D eigenvalue weighted by Crippen LogP contribution is -2.61. The lowest BCUT2D eigenvalue weighted by molar-refractivity contribution is 0.296. The Morgan fingerprint density at radius 1 is 0.455 bits per heavy atom. The Morgan fingerprint density at radius 2 is 0.909 bits per heavy atom. The largest absolute Gasteiger partial charge is 0.490 e. The molecule has 7 heteroatoms. The molecule has 0 unspecified atom stereocenters. The van der Waals surface area contributed by atoms with Crippen molar-refractivity contribution in [2.75, 3.05) is 36.2 Å². The number of hydrogen-bond acceptors (Lipinski definition) is 6. The summed E-state index contributed by atoms with van der Waals surface area (Å²) < 4.78 is 26.1. The van der Waals surface area contributed by atoms with E-state index in [0.717, 1.165) is 86.5 Å². The normalized spacial score (nSPS) is 16.3. The van der Waals surface area contributed by atoms with Crippen LogP contribution in [-0.2, 0) is 16.2 Å². The highest BCUT2D eigenvalue weighted by molar-refractivity contribution is 7.00. The second-order valence-corrected chi connectivity index (χ2v) is 21.4. The van der Waals surface area contributed by atoms with Gasteiger partial charge in [-0.15, -0.1) is 0 Å². The highest BCUT2D eigenvalue weighted by Crippen LogP contribution is 2.52. The molecule has 0 amide bonds. The Hall–Kier alpha value is -6.60. The van der Waals surface area contributed by atoms with Crippen LogP contribution in [-0.4, -0.2) is 33.1 Å². The predicted octanol–water partition coefficient (Wildman–Crippen LogP) is 12.7. The van der Waals surface area contributed by atoms with Gasteiger partial charge < -0.3 is 28.7 Å². The van der Waals surface area contributed by atoms with Crippen molar-refractivity contribution >= 4 is 57.2 Å². The molecule has 6 nitrogen and oxygen atoms in total. The van der Waals surface area contributed by atoms with Crippen LogP contribution in [0.25, 0.3) is 22.3 Å². The molecule has 330 valence electrons. The molecule has 4 heterocycles. The molecule has 0 saturated carbocycles. The number of rotatable bonds is 3. The van der Waals surface area contributed by atoms with Crippen molar-refractivity contribution in [1.29, 1.82) is 0 Å². The van der Waals surface area contributed by atoms with E-state index in [4.69, 9.17) is 18.9 Å². The molecule has 66 heavy (non-hydrogen) atoms. The summed E-state index contributed by atoms with van der Waals surface area (Å²) in [5.41, 5.74) is 20.3. The molecule has 0 N–H and O–H groups in total. The zero-order valence-electron chi connectivity index (χ0n) is 39.5. The van der Waals surface area contributed by atoms with Crippen LogP contribution in [0.15, 0.2) is 127 Å². The van der Waals surface area contributed by atoms with E-state index in [1.54, 1.807) is 0 Å². The van der Waals surface area contributed by atoms with Crippen LogP contribution < -0.4 is 45.1 Å². The van der Waals surface area contributed by atoms with Crippen molar-refractivity contribution in [3.05, 3.63) is 150 Å². The quantitative estimate of drug-likeness (QED) is 0.165. The third-order valence-electron chi connectivity index (χ3n) is 14.7. The number of nitrogens with zero attached hydrogens (tertiary/aromatic N) is 2. The number of benzene rings is 7. The first kappa shape index (κ1) is 40.9. The number of ether oxygens (including phenoxy) is 4. The van der Waals surface area contributed by atoms with Gasteiger partial charge in [0, 0.05) is 64.5 Å². The van der Waals surface area contributed by atoms with Crippen molar-refractivity contribution in [3.8, 4) is 45.3 Å². The molecule has 0 spiro atoms. The smallest absolute Gasteiger partial charge is 0.252 e. The van der Waals surface area contributed by atoms with Gasteiger partial charge in [0.15, 0.2) is 23.0 Å². The fourth-order valence-electron chi connectivity index (χ4n) is 11.1. The maximum absolute atomic E-state index is 6.52. The van der Waals surface area contributed by atoms with E-state index in [1.165, 1.54) is 44.4 Å². The molecule has 0 bridgehead atoms. The summed E-state index contributed by atoms with van der Waals surface area (Å²) >= 11 is 0. The highest BCUT2D eigenvalue weighted by Gasteiger charge is 2.46. The second-order valence-electron chi connectivity index (χ2n) is 21.4. The maximum atomic E-state index is 6.52. The first-order chi connectivity index (χ1) is 31.7. The molecule has 12 rings (SSSR count). The highest BCUT2D eigenvalue weighted by atomic mass is 16.5. The Labute approximate surface area is 390 Å². The van der Waals surface area contributed by atoms with E-state index in [0.29, 0.717) is 26.4 Å². The number of fused-ring (bicyclic) bond motifs is 9. The first-order valence-corrected chi connectivity index (χ1v) is 23.9. The lowest BCUT2D eigenvalue weighted by Gasteiger charge is -2.45. The molecule has 0 aromatic heterocycles. The van der Waals surface area contributed by atoms with E-state index < -0.39 is 0 Å². The maximum Gasteiger partial charge on any atom is 0.252 e. The van der Waals surface area contributed by atoms with Crippen LogP contribution in [0.5, 0.6) is 23.0 Å². The Balaban J connectivity index is 1.17. The molecular weight excluding hydrogens is 811 g/mol. The summed E-state index contributed by atoms with van der Waals surface area (Å²) in [4.78, 5) is 4.97. The van der Waals surface area contributed by atoms with Gasteiger partial charge in [-0.3, -0.25) is 0 Å². The predicted molar refractivity (Wildman–Crippen MR) is 272 cm³/mol. The van der Waals surface area contributed by atoms with Gasteiger partial charge in [0.2, 0.25) is 0 Å². The number of hydrogen-bond donors (Lipinski definition) is 0. The minimum absolute atomic E-state index is 0.00255. The molecule has 4 aliphatic heterocycles. The van der Waals surface area contributed by atoms with E-state index in [9.17, 15) is 0 Å². The topological polar surface area (TPSA) is 43.4 Å². The summed E-state index contributed by atoms with van der Waals surface area (Å²) in [6.07, 6.45) is 1.65. The lowest BCUT2D eigenvalue weighted by atomic mass is 9.33. The zero-order chi connectivity index (χ0) is 45.3. The summed E-state index contributed by atoms with van der Waals surface area (Å²) in [7, 11) is 0. The fraction of sp³-hybridized carbons (Fsp3) is 0.288. The molecule has 5 aliphatic rings. The molecule has 0 radical (unpaired) electrons. The van der Waals surface area contributed by atoms with Crippen molar-refractivity contribution in [1.82, 2.24) is 0 Å². The number of anilines is 6. The first-order valence-electron chi connectivity index (χ1n) is 23.9. The van der Waals surface area contributed by atoms with E-state index in [2.05, 4.69) is 193 Å². The van der Waals surface area contributed by atoms with Crippen LogP contribution in [0, 0.1) is 0 Å². The summed E-state index contributed by atoms with van der Waals surface area (Å²) in [6, 6.07) is 48.3. The van der Waals surface area contributed by atoms with Crippen LogP contribution in [0.4, 0.5) is 34.1 Å². The SMILES string of the molecule is CC(C)(C)c1ccc(N2c3cc4c(cc3B3c5cc6c(cc5N(c5ccc(C(C)(C)C)cc5)c5cc(-c7ccc8c(c7)C(C)(C)c7ccccc7-8)cc2c53)OCCCO6)OCCCO4)cc1. The molecule has 0 saturated heterocycles. The van der Waals surface area contributed by atoms with Gasteiger partial charge in [0.05, 0.1) is 26.4 Å². The van der Waals surface area contributed by atoms with Gasteiger partial charge in [0.25, 0.3) is 6.71 Å². The van der Waals surface area contributed by atoms with Crippen molar-refractivity contribution in [2.45, 2.75) is 84.5 Å². The van der Waals surface area contributed by atoms with E-state index in [1.807, 2.05) is 0 Å². The summed E-state index contributed by atoms with van der Waals surface area (Å²) in [5.74, 6) is 3.12. The minimum Gasteiger partial charge on any atom is -0.490 e. The molecule has 0 atom stereocenters. The van der Waals surface area contributed by atoms with Crippen LogP contribution >= 0.6 is 0 Å². The van der Waals surface area contributed by atoms with Crippen molar-refractivity contribution in [2.24, 2.45) is 0 Å². The summed E-state index contributed by atoms with van der Waals surface area (Å²) in [6.45, 7) is 20.7. The minimum atomic E-state index is -0.160. The van der Waals surface area contributed by atoms with Crippen LogP contribution in [0.1, 0.15) is 90.5 Å². The van der Waals surface area contributed by atoms with Crippen molar-refractivity contribution < 1.29 is 18.9 Å². The zero-order valence-corrected chi connectivity index (χ0v) is 39.5. The van der Waals surface area contributed by atoms with Gasteiger partial charge in [-0.2, -0.15) is 0 Å². The van der Waals surface area contributed by atoms with Crippen LogP contribution in [0.2, 0.25) is 0 Å². The average molecular weight is 869 g/mol. The Morgan fingerprint density at radius 3 is 1.39 bits per heavy atom. The molecule has 7 aromatic rings. The van der Waals surface area contributed by atoms with Gasteiger partial charge in [-0.05, 0) is 126 Å². The van der Waals surface area contributed by atoms with Gasteiger partial charge in [-0.1, -0.05) is 116 Å². The van der Waals surface area contributed by atoms with Gasteiger partial charge >= 0.3 is 0 Å². The fourth-order valence-corrected chi connectivity index (χ4v) is 11.1. The molecule has 7 aromatic carbocycles. The third kappa shape index (κ3) is 6.36. The van der Waals surface area contributed by atoms with Crippen LogP contribution in [0.3, 0.4) is 0 Å². The average Bonchev–Trinajstić information content (AvgIpc) is 3.55. The summed E-state index contributed by atoms with van der Waals surface area (Å²) in [5, 5.41) is 0. The molecular formula is C59H57BN2O4. The molecule has 0 fully saturated rings. The second kappa shape index (κ2) is 14.7. The monoisotopic (exact) mass is 868 g/mol. The van der Waals surface area contributed by atoms with Crippen molar-refractivity contribution in [3.63, 3.8) is 0 Å². The van der Waals surface area contributed by atoms with E-state index in [-0.39, 0.29) is 23.0 Å². The standard InChI is InChI=1S/C59H57BN2O4/c1-57(2,3)38-16-20-40(21-17-38)61-48-34-54-52(63-25-11-27-65-54)32-46(48)60-47-33-53-55(66-28-12-26-64-53)35-49(47)62(41-22-18-39(19-23-41)58(4,5)6)51-31-37(30-50(61)56(51)60)36-15-24-43-42-13-9-10-14-44(42)59(7,8)45(43)29-36/h9-10,13-24,29-35H,11-12,25-28H2,1-8H3. The van der Waals surface area contributed by atoms with Gasteiger partial charge in [0.1, 0.15) is 0 Å². The Bertz CT molecular complexity index is 2950. The third-order valence-corrected chi connectivity index (χ3v) is 14.7. The Kier molecular flexibility index (Phi) is 9.11. The van der Waals surface area contributed by atoms with Gasteiger partial charge in [-0.25, -0.2) is 0 Å². The van der Waals surface area contributed by atoms with E-state index >= 15 is 0 Å². The molecule has 1 aliphatic carbocycles.